The Morgan fingerprint density at radius 1 is 1.10 bits per heavy atom. The maximum atomic E-state index is 12.2. The molecule has 0 aliphatic carbocycles. The number of carbonyl (C=O) groups excluding carboxylic acids is 1. The third kappa shape index (κ3) is 5.48. The number of hydrogen-bond acceptors (Lipinski definition) is 6. The predicted molar refractivity (Wildman–Crippen MR) is 127 cm³/mol. The van der Waals surface area contributed by atoms with E-state index in [0.717, 1.165) is 28.4 Å². The van der Waals surface area contributed by atoms with E-state index >= 15 is 0 Å². The average Bonchev–Trinajstić information content (AvgIpc) is 3.49. The van der Waals surface area contributed by atoms with Gasteiger partial charge in [0.1, 0.15) is 0 Å². The van der Waals surface area contributed by atoms with E-state index in [-0.39, 0.29) is 5.91 Å². The minimum absolute atomic E-state index is 0.0119. The number of nitrogens with zero attached hydrogens (tertiary/aromatic N) is 2. The molecule has 0 fully saturated rings. The molecule has 5 nitrogen and oxygen atoms in total. The molecule has 1 aromatic carbocycles. The number of nitrogens with one attached hydrogen (secondary N) is 1. The van der Waals surface area contributed by atoms with Crippen LogP contribution in [0.25, 0.3) is 21.9 Å². The number of amides is 1. The van der Waals surface area contributed by atoms with Gasteiger partial charge >= 0.3 is 0 Å². The molecule has 0 aliphatic rings. The van der Waals surface area contributed by atoms with Crippen molar-refractivity contribution in [3.05, 3.63) is 68.8 Å². The molecule has 0 radical (unpaired) electrons. The van der Waals surface area contributed by atoms with Crippen LogP contribution in [0.15, 0.2) is 46.3 Å². The molecule has 7 heteroatoms. The van der Waals surface area contributed by atoms with Crippen LogP contribution in [0.3, 0.4) is 0 Å². The quantitative estimate of drug-likeness (QED) is 0.371. The summed E-state index contributed by atoms with van der Waals surface area (Å²) >= 11 is 3.39. The summed E-state index contributed by atoms with van der Waals surface area (Å²) in [5.41, 5.74) is 4.51. The Morgan fingerprint density at radius 2 is 1.97 bits per heavy atom. The van der Waals surface area contributed by atoms with E-state index in [4.69, 9.17) is 4.42 Å². The van der Waals surface area contributed by atoms with E-state index in [2.05, 4.69) is 58.8 Å². The summed E-state index contributed by atoms with van der Waals surface area (Å²) < 4.78 is 5.84. The molecule has 0 unspecified atom stereocenters. The Kier molecular flexibility index (Phi) is 6.63. The van der Waals surface area contributed by atoms with Crippen molar-refractivity contribution in [2.24, 2.45) is 0 Å². The first-order valence-electron chi connectivity index (χ1n) is 10.3. The van der Waals surface area contributed by atoms with Crippen LogP contribution >= 0.6 is 22.7 Å². The number of aromatic nitrogens is 2. The van der Waals surface area contributed by atoms with Gasteiger partial charge < -0.3 is 9.73 Å². The highest BCUT2D eigenvalue weighted by Gasteiger charge is 2.10. The van der Waals surface area contributed by atoms with Gasteiger partial charge in [0.15, 0.2) is 11.7 Å². The van der Waals surface area contributed by atoms with Crippen LogP contribution in [0.2, 0.25) is 0 Å². The van der Waals surface area contributed by atoms with Gasteiger partial charge in [0, 0.05) is 35.2 Å². The van der Waals surface area contributed by atoms with Crippen LogP contribution in [0.1, 0.15) is 33.3 Å². The zero-order valence-corrected chi connectivity index (χ0v) is 19.5. The van der Waals surface area contributed by atoms with Crippen molar-refractivity contribution in [1.82, 2.24) is 15.3 Å². The summed E-state index contributed by atoms with van der Waals surface area (Å²) in [6.07, 6.45) is 3.40. The normalized spacial score (nSPS) is 11.1. The Hall–Kier alpha value is -2.77. The first-order chi connectivity index (χ1) is 15.0. The smallest absolute Gasteiger partial charge is 0.220 e. The van der Waals surface area contributed by atoms with Crippen LogP contribution in [-0.2, 0) is 17.6 Å². The van der Waals surface area contributed by atoms with E-state index < -0.39 is 0 Å². The molecule has 0 saturated heterocycles. The number of benzene rings is 1. The molecule has 1 N–H and O–H groups in total. The standard InChI is InChI=1S/C24H25N3O2S2/c1-15-4-5-18(12-16(15)2)21-13-26-24(29-21)9-8-23(28)25-11-10-19-6-7-22(31-19)20-14-30-17(3)27-20/h4-7,12-14H,8-11H2,1-3H3,(H,25,28). The molecule has 4 rings (SSSR count). The molecule has 0 aliphatic heterocycles. The zero-order chi connectivity index (χ0) is 21.8. The second-order valence-electron chi connectivity index (χ2n) is 7.53. The van der Waals surface area contributed by atoms with Crippen LogP contribution in [0, 0.1) is 20.8 Å². The van der Waals surface area contributed by atoms with E-state index in [1.165, 1.54) is 20.9 Å². The fourth-order valence-corrected chi connectivity index (χ4v) is 4.87. The number of aryl methyl sites for hydroxylation is 4. The van der Waals surface area contributed by atoms with Crippen molar-refractivity contribution in [3.8, 4) is 21.9 Å². The van der Waals surface area contributed by atoms with Gasteiger partial charge in [-0.3, -0.25) is 4.79 Å². The minimum Gasteiger partial charge on any atom is -0.441 e. The maximum absolute atomic E-state index is 12.2. The van der Waals surface area contributed by atoms with Gasteiger partial charge in [0.25, 0.3) is 0 Å². The summed E-state index contributed by atoms with van der Waals surface area (Å²) in [6.45, 7) is 6.80. The Labute approximate surface area is 190 Å². The van der Waals surface area contributed by atoms with Crippen molar-refractivity contribution in [1.29, 1.82) is 0 Å². The molecule has 0 spiro atoms. The first-order valence-corrected chi connectivity index (χ1v) is 12.0. The van der Waals surface area contributed by atoms with Gasteiger partial charge in [0.2, 0.25) is 5.91 Å². The second kappa shape index (κ2) is 9.58. The maximum Gasteiger partial charge on any atom is 0.220 e. The summed E-state index contributed by atoms with van der Waals surface area (Å²) in [4.78, 5) is 23.5. The number of thiophene rings is 1. The van der Waals surface area contributed by atoms with E-state index in [1.54, 1.807) is 28.9 Å². The van der Waals surface area contributed by atoms with Crippen LogP contribution in [0.4, 0.5) is 0 Å². The summed E-state index contributed by atoms with van der Waals surface area (Å²) in [6, 6.07) is 10.4. The molecule has 3 aromatic heterocycles. The predicted octanol–water partition coefficient (Wildman–Crippen LogP) is 5.74. The zero-order valence-electron chi connectivity index (χ0n) is 17.9. The highest BCUT2D eigenvalue weighted by Crippen LogP contribution is 2.29. The largest absolute Gasteiger partial charge is 0.441 e. The van der Waals surface area contributed by atoms with Crippen molar-refractivity contribution in [2.45, 2.75) is 40.0 Å². The molecular formula is C24H25N3O2S2. The number of rotatable bonds is 8. The molecule has 31 heavy (non-hydrogen) atoms. The van der Waals surface area contributed by atoms with E-state index in [0.29, 0.717) is 25.3 Å². The summed E-state index contributed by atoms with van der Waals surface area (Å²) in [7, 11) is 0. The van der Waals surface area contributed by atoms with E-state index in [1.807, 2.05) is 13.0 Å². The van der Waals surface area contributed by atoms with Crippen molar-refractivity contribution in [3.63, 3.8) is 0 Å². The minimum atomic E-state index is 0.0119. The lowest BCUT2D eigenvalue weighted by atomic mass is 10.1. The van der Waals surface area contributed by atoms with Crippen molar-refractivity contribution < 1.29 is 9.21 Å². The van der Waals surface area contributed by atoms with Gasteiger partial charge in [-0.15, -0.1) is 22.7 Å². The monoisotopic (exact) mass is 451 g/mol. The van der Waals surface area contributed by atoms with Crippen LogP contribution in [-0.4, -0.2) is 22.4 Å². The van der Waals surface area contributed by atoms with Crippen molar-refractivity contribution in [2.75, 3.05) is 6.54 Å². The van der Waals surface area contributed by atoms with Gasteiger partial charge in [-0.05, 0) is 56.5 Å². The second-order valence-corrected chi connectivity index (χ2v) is 9.77. The topological polar surface area (TPSA) is 68.0 Å². The van der Waals surface area contributed by atoms with Crippen LogP contribution in [0.5, 0.6) is 0 Å². The number of carbonyl (C=O) groups is 1. The fourth-order valence-electron chi connectivity index (χ4n) is 3.21. The Morgan fingerprint density at radius 3 is 2.74 bits per heavy atom. The summed E-state index contributed by atoms with van der Waals surface area (Å²) in [5.74, 6) is 1.34. The molecule has 4 aromatic rings. The molecule has 3 heterocycles. The summed E-state index contributed by atoms with van der Waals surface area (Å²) in [5, 5.41) is 6.15. The van der Waals surface area contributed by atoms with Gasteiger partial charge in [-0.1, -0.05) is 12.1 Å². The molecule has 0 saturated carbocycles. The highest BCUT2D eigenvalue weighted by atomic mass is 32.1. The molecule has 0 atom stereocenters. The van der Waals surface area contributed by atoms with Gasteiger partial charge in [-0.2, -0.15) is 0 Å². The molecule has 1 amide bonds. The lowest BCUT2D eigenvalue weighted by Crippen LogP contribution is -2.25. The van der Waals surface area contributed by atoms with Gasteiger partial charge in [0.05, 0.1) is 21.8 Å². The Balaban J connectivity index is 1.22. The van der Waals surface area contributed by atoms with Crippen LogP contribution < -0.4 is 5.32 Å². The number of hydrogen-bond donors (Lipinski definition) is 1. The van der Waals surface area contributed by atoms with Gasteiger partial charge in [-0.25, -0.2) is 9.97 Å². The fraction of sp³-hybridized carbons (Fsp3) is 0.292. The number of oxazole rings is 1. The molecule has 0 bridgehead atoms. The first kappa shape index (κ1) is 21.5. The van der Waals surface area contributed by atoms with Crippen molar-refractivity contribution >= 4 is 28.6 Å². The van der Waals surface area contributed by atoms with E-state index in [9.17, 15) is 4.79 Å². The third-order valence-corrected chi connectivity index (χ3v) is 7.08. The lowest BCUT2D eigenvalue weighted by Gasteiger charge is -2.03. The molecular weight excluding hydrogens is 426 g/mol. The average molecular weight is 452 g/mol. The SMILES string of the molecule is Cc1nc(-c2ccc(CCNC(=O)CCc3ncc(-c4ccc(C)c(C)c4)o3)s2)cs1. The number of thiazole rings is 1. The lowest BCUT2D eigenvalue weighted by molar-refractivity contribution is -0.121. The Bertz CT molecular complexity index is 1190. The molecule has 160 valence electrons. The third-order valence-electron chi connectivity index (χ3n) is 5.14. The highest BCUT2D eigenvalue weighted by molar-refractivity contribution is 7.16.